The molecule has 23 heavy (non-hydrogen) atoms. The Morgan fingerprint density at radius 3 is 2.70 bits per heavy atom. The molecule has 0 bridgehead atoms. The van der Waals surface area contributed by atoms with Crippen LogP contribution in [0.25, 0.3) is 0 Å². The van der Waals surface area contributed by atoms with Crippen LogP contribution < -0.4 is 10.6 Å². The highest BCUT2D eigenvalue weighted by molar-refractivity contribution is 7.90. The third-order valence-electron chi connectivity index (χ3n) is 3.98. The molecule has 2 unspecified atom stereocenters. The first-order chi connectivity index (χ1) is 11.0. The molecule has 1 fully saturated rings. The highest BCUT2D eigenvalue weighted by Gasteiger charge is 2.23. The molecule has 7 heteroatoms. The van der Waals surface area contributed by atoms with Crippen molar-refractivity contribution in [2.75, 3.05) is 32.6 Å². The van der Waals surface area contributed by atoms with Gasteiger partial charge in [-0.15, -0.1) is 0 Å². The van der Waals surface area contributed by atoms with E-state index in [4.69, 9.17) is 9.47 Å². The summed E-state index contributed by atoms with van der Waals surface area (Å²) in [5, 5.41) is 6.77. The van der Waals surface area contributed by atoms with Crippen molar-refractivity contribution in [3.63, 3.8) is 0 Å². The van der Waals surface area contributed by atoms with Crippen LogP contribution in [0, 0.1) is 0 Å². The summed E-state index contributed by atoms with van der Waals surface area (Å²) in [6.45, 7) is 2.71. The smallest absolute Gasteiger partial charge is 0.175 e. The molecule has 0 aromatic heterocycles. The number of nitrogens with one attached hydrogen (secondary N) is 2. The fourth-order valence-corrected chi connectivity index (χ4v) is 3.35. The van der Waals surface area contributed by atoms with Gasteiger partial charge in [0.05, 0.1) is 11.5 Å². The maximum absolute atomic E-state index is 11.5. The molecule has 6 nitrogen and oxygen atoms in total. The minimum Gasteiger partial charge on any atom is -0.495 e. The lowest BCUT2D eigenvalue weighted by molar-refractivity contribution is 0.00480. The zero-order valence-electron chi connectivity index (χ0n) is 13.1. The molecule has 1 aromatic rings. The van der Waals surface area contributed by atoms with Gasteiger partial charge in [-0.25, -0.2) is 8.42 Å². The lowest BCUT2D eigenvalue weighted by Crippen LogP contribution is -2.51. The van der Waals surface area contributed by atoms with Crippen molar-refractivity contribution in [1.29, 1.82) is 0 Å². The Balaban J connectivity index is 1.59. The maximum Gasteiger partial charge on any atom is 0.175 e. The van der Waals surface area contributed by atoms with Gasteiger partial charge in [0.2, 0.25) is 0 Å². The molecule has 0 aliphatic carbocycles. The van der Waals surface area contributed by atoms with E-state index in [9.17, 15) is 8.42 Å². The van der Waals surface area contributed by atoms with Crippen molar-refractivity contribution in [1.82, 2.24) is 10.6 Å². The summed E-state index contributed by atoms with van der Waals surface area (Å²) in [6.07, 6.45) is 4.11. The second-order valence-corrected chi connectivity index (χ2v) is 7.84. The van der Waals surface area contributed by atoms with Crippen LogP contribution >= 0.6 is 0 Å². The number of hydrogen-bond acceptors (Lipinski definition) is 6. The van der Waals surface area contributed by atoms with Crippen molar-refractivity contribution in [2.24, 2.45) is 0 Å². The molecule has 2 atom stereocenters. The fourth-order valence-electron chi connectivity index (χ4n) is 2.72. The zero-order chi connectivity index (χ0) is 16.3. The fraction of sp³-hybridized carbons (Fsp3) is 0.500. The molecule has 1 saturated heterocycles. The Hall–Kier alpha value is -1.41. The van der Waals surface area contributed by atoms with Crippen LogP contribution in [0.3, 0.4) is 0 Å². The summed E-state index contributed by atoms with van der Waals surface area (Å²) < 4.78 is 34.3. The third kappa shape index (κ3) is 4.32. The Kier molecular flexibility index (Phi) is 5.01. The monoisotopic (exact) mass is 338 g/mol. The van der Waals surface area contributed by atoms with Gasteiger partial charge in [0.15, 0.2) is 9.84 Å². The van der Waals surface area contributed by atoms with Crippen molar-refractivity contribution in [2.45, 2.75) is 23.6 Å². The van der Waals surface area contributed by atoms with Crippen LogP contribution in [0.1, 0.15) is 18.0 Å². The molecular weight excluding hydrogens is 316 g/mol. The van der Waals surface area contributed by atoms with Gasteiger partial charge in [-0.2, -0.15) is 0 Å². The SMILES string of the molecule is CS(=O)(=O)c1ccc(C2CNCC(OCC3=CCCO3)N2)cc1. The van der Waals surface area contributed by atoms with Gasteiger partial charge in [-0.3, -0.25) is 5.32 Å². The summed E-state index contributed by atoms with van der Waals surface area (Å²) in [6, 6.07) is 7.07. The number of hydrogen-bond donors (Lipinski definition) is 2. The Morgan fingerprint density at radius 2 is 2.04 bits per heavy atom. The van der Waals surface area contributed by atoms with Crippen LogP contribution in [-0.2, 0) is 19.3 Å². The number of sulfone groups is 1. The second kappa shape index (κ2) is 7.00. The Labute approximate surface area is 136 Å². The minimum atomic E-state index is -3.16. The van der Waals surface area contributed by atoms with Crippen LogP contribution in [0.15, 0.2) is 41.0 Å². The summed E-state index contributed by atoms with van der Waals surface area (Å²) in [5.41, 5.74) is 1.04. The first-order valence-corrected chi connectivity index (χ1v) is 9.62. The van der Waals surface area contributed by atoms with E-state index in [-0.39, 0.29) is 12.3 Å². The molecular formula is C16H22N2O4S. The highest BCUT2D eigenvalue weighted by Crippen LogP contribution is 2.19. The van der Waals surface area contributed by atoms with E-state index < -0.39 is 9.84 Å². The van der Waals surface area contributed by atoms with Crippen LogP contribution in [-0.4, -0.2) is 47.2 Å². The molecule has 1 aromatic carbocycles. The van der Waals surface area contributed by atoms with Crippen molar-refractivity contribution >= 4 is 9.84 Å². The van der Waals surface area contributed by atoms with Gasteiger partial charge < -0.3 is 14.8 Å². The van der Waals surface area contributed by atoms with Crippen molar-refractivity contribution in [3.05, 3.63) is 41.7 Å². The topological polar surface area (TPSA) is 76.7 Å². The predicted octanol–water partition coefficient (Wildman–Crippen LogP) is 0.971. The van der Waals surface area contributed by atoms with Gasteiger partial charge >= 0.3 is 0 Å². The summed E-state index contributed by atoms with van der Waals surface area (Å²) in [4.78, 5) is 0.336. The first kappa shape index (κ1) is 16.4. The van der Waals surface area contributed by atoms with Gasteiger partial charge in [-0.05, 0) is 23.8 Å². The van der Waals surface area contributed by atoms with E-state index in [0.717, 1.165) is 37.4 Å². The molecule has 2 aliphatic rings. The summed E-state index contributed by atoms with van der Waals surface area (Å²) >= 11 is 0. The van der Waals surface area contributed by atoms with E-state index in [1.165, 1.54) is 6.26 Å². The lowest BCUT2D eigenvalue weighted by Gasteiger charge is -2.32. The maximum atomic E-state index is 11.5. The second-order valence-electron chi connectivity index (χ2n) is 5.83. The number of rotatable bonds is 5. The van der Waals surface area contributed by atoms with Crippen LogP contribution in [0.5, 0.6) is 0 Å². The van der Waals surface area contributed by atoms with E-state index in [0.29, 0.717) is 11.5 Å². The van der Waals surface area contributed by atoms with E-state index in [1.54, 1.807) is 12.1 Å². The average Bonchev–Trinajstić information content (AvgIpc) is 3.06. The van der Waals surface area contributed by atoms with Gasteiger partial charge in [0, 0.05) is 31.8 Å². The predicted molar refractivity (Wildman–Crippen MR) is 86.7 cm³/mol. The normalized spacial score (nSPS) is 25.0. The van der Waals surface area contributed by atoms with E-state index >= 15 is 0 Å². The lowest BCUT2D eigenvalue weighted by atomic mass is 10.1. The van der Waals surface area contributed by atoms with E-state index in [1.807, 2.05) is 12.1 Å². The number of ether oxygens (including phenoxy) is 2. The van der Waals surface area contributed by atoms with Crippen LogP contribution in [0.4, 0.5) is 0 Å². The highest BCUT2D eigenvalue weighted by atomic mass is 32.2. The van der Waals surface area contributed by atoms with Crippen molar-refractivity contribution in [3.8, 4) is 0 Å². The molecule has 126 valence electrons. The summed E-state index contributed by atoms with van der Waals surface area (Å²) in [7, 11) is -3.16. The quantitative estimate of drug-likeness (QED) is 0.833. The molecule has 0 radical (unpaired) electrons. The molecule has 0 spiro atoms. The first-order valence-electron chi connectivity index (χ1n) is 7.72. The Morgan fingerprint density at radius 1 is 1.26 bits per heavy atom. The standard InChI is InChI=1S/C16H22N2O4S/c1-23(19,20)14-6-4-12(5-7-14)15-9-17-10-16(18-15)22-11-13-3-2-8-21-13/h3-7,15-18H,2,8-11H2,1H3. The molecule has 2 heterocycles. The number of piperazine rings is 1. The summed E-state index contributed by atoms with van der Waals surface area (Å²) in [5.74, 6) is 0.895. The molecule has 0 saturated carbocycles. The largest absolute Gasteiger partial charge is 0.495 e. The zero-order valence-corrected chi connectivity index (χ0v) is 13.9. The van der Waals surface area contributed by atoms with Crippen molar-refractivity contribution < 1.29 is 17.9 Å². The molecule has 2 aliphatic heterocycles. The van der Waals surface area contributed by atoms with E-state index in [2.05, 4.69) is 16.7 Å². The van der Waals surface area contributed by atoms with Crippen LogP contribution in [0.2, 0.25) is 0 Å². The van der Waals surface area contributed by atoms with Gasteiger partial charge in [-0.1, -0.05) is 12.1 Å². The average molecular weight is 338 g/mol. The third-order valence-corrected chi connectivity index (χ3v) is 5.11. The van der Waals surface area contributed by atoms with Gasteiger partial charge in [0.1, 0.15) is 18.6 Å². The number of benzene rings is 1. The van der Waals surface area contributed by atoms with Gasteiger partial charge in [0.25, 0.3) is 0 Å². The molecule has 0 amide bonds. The minimum absolute atomic E-state index is 0.0841. The Bertz CT molecular complexity index is 670. The molecule has 3 rings (SSSR count). The molecule has 2 N–H and O–H groups in total.